The van der Waals surface area contributed by atoms with E-state index >= 15 is 0 Å². The van der Waals surface area contributed by atoms with E-state index in [9.17, 15) is 0 Å². The first-order chi connectivity index (χ1) is 3.27. The van der Waals surface area contributed by atoms with Crippen LogP contribution in [0.15, 0.2) is 0 Å². The van der Waals surface area contributed by atoms with Crippen LogP contribution in [0.1, 0.15) is 6.42 Å². The summed E-state index contributed by atoms with van der Waals surface area (Å²) in [7, 11) is 3.91. The van der Waals surface area contributed by atoms with Crippen molar-refractivity contribution in [3.05, 3.63) is 0 Å². The lowest BCUT2D eigenvalue weighted by Gasteiger charge is -1.91. The zero-order chi connectivity index (χ0) is 5.70. The quantitative estimate of drug-likeness (QED) is 0.457. The molecule has 39 valence electrons. The van der Waals surface area contributed by atoms with E-state index in [0.29, 0.717) is 6.42 Å². The molecule has 0 aliphatic carbocycles. The molecule has 0 aliphatic heterocycles. The lowest BCUT2D eigenvalue weighted by atomic mass is 10.4. The molecule has 2 nitrogen and oxygen atoms in total. The van der Waals surface area contributed by atoms with Gasteiger partial charge in [-0.15, -0.1) is 0 Å². The molecule has 0 unspecified atom stereocenters. The summed E-state index contributed by atoms with van der Waals surface area (Å²) in [5.74, 6) is 0. The predicted molar refractivity (Wildman–Crippen MR) is 29.1 cm³/mol. The highest BCUT2D eigenvalue weighted by Gasteiger charge is 1.93. The van der Waals surface area contributed by atoms with Gasteiger partial charge in [0.2, 0.25) is 0 Å². The Morgan fingerprint density at radius 2 is 2.14 bits per heavy atom. The van der Waals surface area contributed by atoms with Crippen molar-refractivity contribution in [2.24, 2.45) is 0 Å². The lowest BCUT2D eigenvalue weighted by Crippen LogP contribution is -2.18. The number of rotatable bonds is 2. The fourth-order valence-corrected chi connectivity index (χ4v) is 0.274. The molecule has 0 fully saturated rings. The lowest BCUT2D eigenvalue weighted by molar-refractivity contribution is 0.574. The van der Waals surface area contributed by atoms with Gasteiger partial charge in [-0.25, -0.2) is 0 Å². The molecular weight excluding hydrogens is 88.1 g/mol. The van der Waals surface area contributed by atoms with E-state index in [2.05, 4.69) is 6.07 Å². The Kier molecular flexibility index (Phi) is 3.35. The molecule has 0 aromatic carbocycles. The third-order valence-electron chi connectivity index (χ3n) is 0.671. The van der Waals surface area contributed by atoms with Crippen molar-refractivity contribution in [3.63, 3.8) is 0 Å². The Hall–Kier alpha value is -0.550. The average molecular weight is 98.1 g/mol. The minimum absolute atomic E-state index is 0.632. The van der Waals surface area contributed by atoms with Crippen LogP contribution in [0, 0.1) is 11.3 Å². The van der Waals surface area contributed by atoms with E-state index in [1.165, 1.54) is 0 Å². The summed E-state index contributed by atoms with van der Waals surface area (Å²) in [4.78, 5) is 1.99. The molecular formula is C5H10N2+. The highest BCUT2D eigenvalue weighted by atomic mass is 15.0. The number of nitriles is 1. The van der Waals surface area contributed by atoms with Gasteiger partial charge >= 0.3 is 0 Å². The van der Waals surface area contributed by atoms with Crippen molar-refractivity contribution < 1.29 is 0 Å². The Bertz CT molecular complexity index is 70.6. The number of nitrogens with zero attached hydrogens (tertiary/aromatic N) is 2. The number of hydrogen-bond donors (Lipinski definition) is 0. The van der Waals surface area contributed by atoms with E-state index in [4.69, 9.17) is 5.26 Å². The monoisotopic (exact) mass is 98.1 g/mol. The highest BCUT2D eigenvalue weighted by Crippen LogP contribution is 1.73. The largest absolute Gasteiger partial charge is 0.198 e. The molecule has 0 bridgehead atoms. The van der Waals surface area contributed by atoms with E-state index in [-0.39, 0.29) is 0 Å². The van der Waals surface area contributed by atoms with Crippen molar-refractivity contribution in [2.45, 2.75) is 6.42 Å². The van der Waals surface area contributed by atoms with Crippen LogP contribution in [0.5, 0.6) is 0 Å². The molecule has 2 heteroatoms. The maximum atomic E-state index is 8.04. The maximum absolute atomic E-state index is 8.04. The molecule has 0 atom stereocenters. The summed E-state index contributed by atoms with van der Waals surface area (Å²) >= 11 is 0. The van der Waals surface area contributed by atoms with Crippen LogP contribution in [0.3, 0.4) is 0 Å². The zero-order valence-corrected chi connectivity index (χ0v) is 4.81. The van der Waals surface area contributed by atoms with Gasteiger partial charge in [0.15, 0.2) is 0 Å². The molecule has 0 saturated heterocycles. The van der Waals surface area contributed by atoms with Crippen molar-refractivity contribution in [3.8, 4) is 6.07 Å². The van der Waals surface area contributed by atoms with Gasteiger partial charge in [0, 0.05) is 0 Å². The van der Waals surface area contributed by atoms with Crippen molar-refractivity contribution in [1.29, 1.82) is 5.26 Å². The Morgan fingerprint density at radius 1 is 1.57 bits per heavy atom. The molecule has 0 aromatic heterocycles. The normalized spacial score (nSPS) is 8.86. The van der Waals surface area contributed by atoms with Crippen LogP contribution in [-0.4, -0.2) is 20.6 Å². The average Bonchev–Trinajstić information content (AvgIpc) is 1.61. The predicted octanol–water partition coefficient (Wildman–Crippen LogP) is 0.300. The van der Waals surface area contributed by atoms with Crippen LogP contribution in [-0.2, 0) is 0 Å². The highest BCUT2D eigenvalue weighted by molar-refractivity contribution is 4.70. The first kappa shape index (κ1) is 6.45. The van der Waals surface area contributed by atoms with E-state index in [1.807, 2.05) is 19.0 Å². The second-order valence-electron chi connectivity index (χ2n) is 1.71. The minimum Gasteiger partial charge on any atom is -0.198 e. The molecule has 0 saturated carbocycles. The molecule has 0 heterocycles. The molecule has 0 N–H and O–H groups in total. The van der Waals surface area contributed by atoms with Crippen LogP contribution < -0.4 is 4.90 Å². The van der Waals surface area contributed by atoms with Gasteiger partial charge in [-0.2, -0.15) is 10.2 Å². The van der Waals surface area contributed by atoms with Crippen molar-refractivity contribution >= 4 is 0 Å². The van der Waals surface area contributed by atoms with E-state index in [0.717, 1.165) is 6.54 Å². The Labute approximate surface area is 44.4 Å². The summed E-state index contributed by atoms with van der Waals surface area (Å²) in [6, 6.07) is 2.06. The second-order valence-corrected chi connectivity index (χ2v) is 1.71. The summed E-state index contributed by atoms with van der Waals surface area (Å²) in [5.41, 5.74) is 0. The molecule has 1 radical (unpaired) electrons. The Morgan fingerprint density at radius 3 is 2.29 bits per heavy atom. The summed E-state index contributed by atoms with van der Waals surface area (Å²) < 4.78 is 0. The van der Waals surface area contributed by atoms with Crippen molar-refractivity contribution in [2.75, 3.05) is 20.6 Å². The fourth-order valence-electron chi connectivity index (χ4n) is 0.274. The van der Waals surface area contributed by atoms with Crippen LogP contribution in [0.25, 0.3) is 0 Å². The van der Waals surface area contributed by atoms with Gasteiger partial charge in [0.05, 0.1) is 12.5 Å². The van der Waals surface area contributed by atoms with Crippen LogP contribution in [0.2, 0.25) is 0 Å². The SMILES string of the molecule is C[N+](C)CCC#N. The van der Waals surface area contributed by atoms with Crippen LogP contribution in [0.4, 0.5) is 0 Å². The first-order valence-electron chi connectivity index (χ1n) is 2.29. The van der Waals surface area contributed by atoms with Gasteiger partial charge in [-0.05, 0) is 0 Å². The van der Waals surface area contributed by atoms with Gasteiger partial charge in [-0.1, -0.05) is 0 Å². The summed E-state index contributed by atoms with van der Waals surface area (Å²) in [5, 5.41) is 8.04. The fraction of sp³-hybridized carbons (Fsp3) is 0.800. The zero-order valence-electron chi connectivity index (χ0n) is 4.81. The van der Waals surface area contributed by atoms with Gasteiger partial charge in [-0.3, -0.25) is 0 Å². The second kappa shape index (κ2) is 3.63. The smallest absolute Gasteiger partial charge is 0.135 e. The van der Waals surface area contributed by atoms with E-state index in [1.54, 1.807) is 0 Å². The molecule has 0 aliphatic rings. The molecule has 0 aromatic rings. The minimum atomic E-state index is 0.632. The van der Waals surface area contributed by atoms with Gasteiger partial charge in [0.1, 0.15) is 20.6 Å². The standard InChI is InChI=1S/C5H10N2/c1-7(2)5-3-4-6/h3,5H2,1-2H3/q+1. The molecule has 0 rings (SSSR count). The van der Waals surface area contributed by atoms with Gasteiger partial charge < -0.3 is 0 Å². The van der Waals surface area contributed by atoms with Crippen LogP contribution >= 0.6 is 0 Å². The van der Waals surface area contributed by atoms with Crippen molar-refractivity contribution in [1.82, 2.24) is 4.90 Å². The molecule has 0 spiro atoms. The number of hydrogen-bond acceptors (Lipinski definition) is 2. The topological polar surface area (TPSA) is 29.7 Å². The van der Waals surface area contributed by atoms with Gasteiger partial charge in [0.25, 0.3) is 0 Å². The summed E-state index contributed by atoms with van der Waals surface area (Å²) in [6.45, 7) is 0.872. The summed E-state index contributed by atoms with van der Waals surface area (Å²) in [6.07, 6.45) is 0.632. The third-order valence-corrected chi connectivity index (χ3v) is 0.671. The molecule has 7 heavy (non-hydrogen) atoms. The third kappa shape index (κ3) is 5.45. The molecule has 0 amide bonds. The first-order valence-corrected chi connectivity index (χ1v) is 2.29. The maximum Gasteiger partial charge on any atom is 0.135 e. The van der Waals surface area contributed by atoms with E-state index < -0.39 is 0 Å². The Balaban J connectivity index is 2.86.